The smallest absolute Gasteiger partial charge is 0.133 e. The van der Waals surface area contributed by atoms with Gasteiger partial charge in [0.05, 0.1) is 5.69 Å². The largest absolute Gasteiger partial charge is 0.361 e. The van der Waals surface area contributed by atoms with E-state index in [0.717, 1.165) is 30.0 Å². The first-order valence-corrected chi connectivity index (χ1v) is 6.19. The summed E-state index contributed by atoms with van der Waals surface area (Å²) in [5.41, 5.74) is 1.07. The lowest BCUT2D eigenvalue weighted by Crippen LogP contribution is -2.43. The summed E-state index contributed by atoms with van der Waals surface area (Å²) >= 11 is 0. The molecule has 2 saturated heterocycles. The summed E-state index contributed by atoms with van der Waals surface area (Å²) in [7, 11) is 0. The molecule has 0 radical (unpaired) electrons. The zero-order chi connectivity index (χ0) is 11.0. The van der Waals surface area contributed by atoms with Crippen molar-refractivity contribution in [1.82, 2.24) is 15.4 Å². The molecule has 1 N–H and O–H groups in total. The van der Waals surface area contributed by atoms with Crippen molar-refractivity contribution < 1.29 is 4.52 Å². The molecule has 96 valence electrons. The Morgan fingerprint density at radius 2 is 2.41 bits per heavy atom. The third-order valence-corrected chi connectivity index (χ3v) is 3.80. The maximum absolute atomic E-state index is 5.10. The average molecular weight is 258 g/mol. The highest BCUT2D eigenvalue weighted by molar-refractivity contribution is 5.85. The third-order valence-electron chi connectivity index (χ3n) is 3.80. The molecule has 3 rings (SSSR count). The van der Waals surface area contributed by atoms with E-state index in [0.29, 0.717) is 0 Å². The van der Waals surface area contributed by atoms with Crippen LogP contribution in [0.1, 0.15) is 24.3 Å². The lowest BCUT2D eigenvalue weighted by molar-refractivity contribution is 0.152. The summed E-state index contributed by atoms with van der Waals surface area (Å²) in [5, 5.41) is 7.65. The average Bonchev–Trinajstić information content (AvgIpc) is 2.87. The first kappa shape index (κ1) is 12.9. The van der Waals surface area contributed by atoms with E-state index >= 15 is 0 Å². The van der Waals surface area contributed by atoms with Gasteiger partial charge in [-0.25, -0.2) is 0 Å². The topological polar surface area (TPSA) is 41.3 Å². The zero-order valence-electron chi connectivity index (χ0n) is 10.2. The highest BCUT2D eigenvalue weighted by atomic mass is 35.5. The van der Waals surface area contributed by atoms with E-state index in [4.69, 9.17) is 4.52 Å². The van der Waals surface area contributed by atoms with Crippen LogP contribution in [0.2, 0.25) is 0 Å². The zero-order valence-corrected chi connectivity index (χ0v) is 11.0. The second-order valence-electron chi connectivity index (χ2n) is 5.06. The lowest BCUT2D eigenvalue weighted by Gasteiger charge is -2.34. The SMILES string of the molecule is Cc1cc(CN2CCC3NCCC3C2)no1.Cl. The van der Waals surface area contributed by atoms with E-state index in [1.807, 2.05) is 13.0 Å². The van der Waals surface area contributed by atoms with Crippen LogP contribution < -0.4 is 5.32 Å². The number of aryl methyl sites for hydroxylation is 1. The van der Waals surface area contributed by atoms with Gasteiger partial charge < -0.3 is 9.84 Å². The Bertz CT molecular complexity index is 368. The number of aromatic nitrogens is 1. The molecule has 2 fully saturated rings. The number of nitrogens with zero attached hydrogens (tertiary/aromatic N) is 2. The molecule has 0 spiro atoms. The fourth-order valence-electron chi connectivity index (χ4n) is 2.99. The number of rotatable bonds is 2. The van der Waals surface area contributed by atoms with Gasteiger partial charge in [0.25, 0.3) is 0 Å². The van der Waals surface area contributed by atoms with Crippen LogP contribution in [-0.2, 0) is 6.54 Å². The maximum atomic E-state index is 5.10. The molecule has 17 heavy (non-hydrogen) atoms. The van der Waals surface area contributed by atoms with Gasteiger partial charge in [0.2, 0.25) is 0 Å². The minimum atomic E-state index is 0. The molecule has 4 nitrogen and oxygen atoms in total. The molecule has 2 aliphatic heterocycles. The summed E-state index contributed by atoms with van der Waals surface area (Å²) in [6.07, 6.45) is 2.61. The fourth-order valence-corrected chi connectivity index (χ4v) is 2.99. The predicted molar refractivity (Wildman–Crippen MR) is 68.3 cm³/mol. The van der Waals surface area contributed by atoms with E-state index in [2.05, 4.69) is 15.4 Å². The van der Waals surface area contributed by atoms with Gasteiger partial charge >= 0.3 is 0 Å². The first-order chi connectivity index (χ1) is 7.81. The predicted octanol–water partition coefficient (Wildman–Crippen LogP) is 1.59. The maximum Gasteiger partial charge on any atom is 0.133 e. The Kier molecular flexibility index (Phi) is 4.07. The molecule has 0 bridgehead atoms. The Morgan fingerprint density at radius 3 is 3.18 bits per heavy atom. The van der Waals surface area contributed by atoms with Crippen molar-refractivity contribution in [1.29, 1.82) is 0 Å². The van der Waals surface area contributed by atoms with Gasteiger partial charge in [-0.2, -0.15) is 0 Å². The van der Waals surface area contributed by atoms with Gasteiger partial charge in [-0.05, 0) is 32.2 Å². The number of hydrogen-bond acceptors (Lipinski definition) is 4. The molecular weight excluding hydrogens is 238 g/mol. The number of halogens is 1. The van der Waals surface area contributed by atoms with Crippen LogP contribution in [0.3, 0.4) is 0 Å². The van der Waals surface area contributed by atoms with Crippen molar-refractivity contribution in [3.05, 3.63) is 17.5 Å². The molecule has 0 aliphatic carbocycles. The van der Waals surface area contributed by atoms with E-state index in [1.54, 1.807) is 0 Å². The molecule has 0 aromatic carbocycles. The van der Waals surface area contributed by atoms with E-state index in [9.17, 15) is 0 Å². The van der Waals surface area contributed by atoms with Crippen LogP contribution >= 0.6 is 12.4 Å². The Morgan fingerprint density at radius 1 is 1.53 bits per heavy atom. The lowest BCUT2D eigenvalue weighted by atomic mass is 9.93. The monoisotopic (exact) mass is 257 g/mol. The highest BCUT2D eigenvalue weighted by Crippen LogP contribution is 2.25. The van der Waals surface area contributed by atoms with Crippen molar-refractivity contribution in [2.75, 3.05) is 19.6 Å². The second-order valence-corrected chi connectivity index (χ2v) is 5.06. The summed E-state index contributed by atoms with van der Waals surface area (Å²) in [6, 6.07) is 2.81. The van der Waals surface area contributed by atoms with Gasteiger partial charge in [0.1, 0.15) is 5.76 Å². The van der Waals surface area contributed by atoms with Crippen LogP contribution in [0.15, 0.2) is 10.6 Å². The number of likely N-dealkylation sites (tertiary alicyclic amines) is 1. The summed E-state index contributed by atoms with van der Waals surface area (Å²) in [6.45, 7) is 6.49. The summed E-state index contributed by atoms with van der Waals surface area (Å²) in [5.74, 6) is 1.76. The van der Waals surface area contributed by atoms with Gasteiger partial charge in [-0.15, -0.1) is 12.4 Å². The van der Waals surface area contributed by atoms with Crippen LogP contribution in [-0.4, -0.2) is 35.7 Å². The molecule has 2 unspecified atom stereocenters. The fraction of sp³-hybridized carbons (Fsp3) is 0.750. The minimum absolute atomic E-state index is 0. The standard InChI is InChI=1S/C12H19N3O.ClH/c1-9-6-11(14-16-9)8-15-5-3-12-10(7-15)2-4-13-12;/h6,10,12-13H,2-5,7-8H2,1H3;1H. The molecule has 1 aromatic rings. The number of piperidine rings is 1. The van der Waals surface area contributed by atoms with Crippen LogP contribution in [0.25, 0.3) is 0 Å². The molecular formula is C12H20ClN3O. The van der Waals surface area contributed by atoms with Gasteiger partial charge in [0.15, 0.2) is 0 Å². The summed E-state index contributed by atoms with van der Waals surface area (Å²) in [4.78, 5) is 2.51. The van der Waals surface area contributed by atoms with E-state index in [1.165, 1.54) is 32.5 Å². The number of hydrogen-bond donors (Lipinski definition) is 1. The van der Waals surface area contributed by atoms with Crippen molar-refractivity contribution in [2.45, 2.75) is 32.4 Å². The quantitative estimate of drug-likeness (QED) is 0.874. The van der Waals surface area contributed by atoms with E-state index < -0.39 is 0 Å². The molecule has 2 aliphatic rings. The van der Waals surface area contributed by atoms with Gasteiger partial charge in [0, 0.05) is 31.7 Å². The van der Waals surface area contributed by atoms with Crippen LogP contribution in [0.5, 0.6) is 0 Å². The highest BCUT2D eigenvalue weighted by Gasteiger charge is 2.32. The van der Waals surface area contributed by atoms with Crippen molar-refractivity contribution in [2.24, 2.45) is 5.92 Å². The Labute approximate surface area is 108 Å². The van der Waals surface area contributed by atoms with Crippen LogP contribution in [0.4, 0.5) is 0 Å². The molecule has 5 heteroatoms. The molecule has 3 heterocycles. The van der Waals surface area contributed by atoms with Crippen molar-refractivity contribution >= 4 is 12.4 Å². The molecule has 0 saturated carbocycles. The second kappa shape index (κ2) is 5.38. The third kappa shape index (κ3) is 2.81. The summed E-state index contributed by atoms with van der Waals surface area (Å²) < 4.78 is 5.10. The normalized spacial score (nSPS) is 28.8. The molecule has 2 atom stereocenters. The molecule has 0 amide bonds. The Hall–Kier alpha value is -0.580. The number of fused-ring (bicyclic) bond motifs is 1. The number of nitrogens with one attached hydrogen (secondary N) is 1. The Balaban J connectivity index is 0.00000108. The first-order valence-electron chi connectivity index (χ1n) is 6.19. The van der Waals surface area contributed by atoms with Crippen LogP contribution in [0, 0.1) is 12.8 Å². The van der Waals surface area contributed by atoms with Crippen molar-refractivity contribution in [3.63, 3.8) is 0 Å². The van der Waals surface area contributed by atoms with Gasteiger partial charge in [-0.1, -0.05) is 5.16 Å². The van der Waals surface area contributed by atoms with E-state index in [-0.39, 0.29) is 12.4 Å². The minimum Gasteiger partial charge on any atom is -0.361 e. The molecule has 1 aromatic heterocycles. The van der Waals surface area contributed by atoms with Crippen molar-refractivity contribution in [3.8, 4) is 0 Å². The van der Waals surface area contributed by atoms with Gasteiger partial charge in [-0.3, -0.25) is 4.90 Å².